The molecule has 1 N–H and O–H groups in total. The van der Waals surface area contributed by atoms with Crippen LogP contribution in [0, 0.1) is 29.1 Å². The van der Waals surface area contributed by atoms with Gasteiger partial charge in [0.25, 0.3) is 0 Å². The molecule has 108 valence electrons. The molecule has 2 fully saturated rings. The summed E-state index contributed by atoms with van der Waals surface area (Å²) >= 11 is 0. The highest BCUT2D eigenvalue weighted by atomic mass is 16.2. The quantitative estimate of drug-likeness (QED) is 0.780. The van der Waals surface area contributed by atoms with E-state index in [1.165, 1.54) is 6.42 Å². The molecule has 0 aromatic heterocycles. The van der Waals surface area contributed by atoms with E-state index in [-0.39, 0.29) is 23.1 Å². The van der Waals surface area contributed by atoms with Gasteiger partial charge in [-0.1, -0.05) is 27.7 Å². The minimum atomic E-state index is -0.0687. The maximum absolute atomic E-state index is 12.3. The van der Waals surface area contributed by atoms with Crippen molar-refractivity contribution in [1.82, 2.24) is 5.32 Å². The first-order valence-electron chi connectivity index (χ1n) is 7.66. The van der Waals surface area contributed by atoms with E-state index in [0.29, 0.717) is 24.2 Å². The van der Waals surface area contributed by atoms with Crippen molar-refractivity contribution in [2.75, 3.05) is 0 Å². The van der Waals surface area contributed by atoms with Gasteiger partial charge in [-0.25, -0.2) is 0 Å². The number of nitrogens with one attached hydrogen (secondary N) is 1. The monoisotopic (exact) mass is 265 g/mol. The second kappa shape index (κ2) is 5.26. The Morgan fingerprint density at radius 3 is 2.32 bits per heavy atom. The number of carbonyl (C=O) groups is 2. The Morgan fingerprint density at radius 1 is 1.21 bits per heavy atom. The fraction of sp³-hybridized carbons (Fsp3) is 0.875. The Kier molecular flexibility index (Phi) is 4.03. The van der Waals surface area contributed by atoms with Gasteiger partial charge in [0, 0.05) is 12.3 Å². The second-order valence-corrected chi connectivity index (χ2v) is 7.49. The Balaban J connectivity index is 2.30. The number of rotatable bonds is 2. The molecule has 1 heterocycles. The molecular weight excluding hydrogens is 238 g/mol. The summed E-state index contributed by atoms with van der Waals surface area (Å²) in [6, 6.07) is 0. The van der Waals surface area contributed by atoms with Crippen LogP contribution in [0.5, 0.6) is 0 Å². The zero-order chi connectivity index (χ0) is 14.2. The number of piperidine rings is 1. The summed E-state index contributed by atoms with van der Waals surface area (Å²) in [5, 5.41) is 2.56. The minimum absolute atomic E-state index is 0.0220. The van der Waals surface area contributed by atoms with Crippen LogP contribution >= 0.6 is 0 Å². The van der Waals surface area contributed by atoms with Crippen LogP contribution in [0.2, 0.25) is 0 Å². The average Bonchev–Trinajstić information content (AvgIpc) is 2.21. The molecule has 1 aliphatic heterocycles. The highest BCUT2D eigenvalue weighted by molar-refractivity contribution is 5.99. The molecule has 0 aromatic carbocycles. The van der Waals surface area contributed by atoms with Gasteiger partial charge in [0.1, 0.15) is 0 Å². The number of carbonyl (C=O) groups excluding carboxylic acids is 2. The highest BCUT2D eigenvalue weighted by Crippen LogP contribution is 2.52. The molecule has 2 aliphatic rings. The molecule has 3 atom stereocenters. The van der Waals surface area contributed by atoms with E-state index in [2.05, 4.69) is 33.0 Å². The predicted octanol–water partition coefficient (Wildman–Crippen LogP) is 3.14. The normalized spacial score (nSPS) is 39.7. The molecule has 2 rings (SSSR count). The van der Waals surface area contributed by atoms with Crippen LogP contribution in [0.3, 0.4) is 0 Å². The fourth-order valence-electron chi connectivity index (χ4n) is 4.57. The predicted molar refractivity (Wildman–Crippen MR) is 75.3 cm³/mol. The summed E-state index contributed by atoms with van der Waals surface area (Å²) < 4.78 is 0. The van der Waals surface area contributed by atoms with Gasteiger partial charge >= 0.3 is 0 Å². The lowest BCUT2D eigenvalue weighted by molar-refractivity contribution is -0.148. The molecule has 0 aromatic rings. The van der Waals surface area contributed by atoms with Gasteiger partial charge in [-0.3, -0.25) is 14.9 Å². The third-order valence-corrected chi connectivity index (χ3v) is 4.85. The second-order valence-electron chi connectivity index (χ2n) is 7.49. The van der Waals surface area contributed by atoms with Gasteiger partial charge in [0.2, 0.25) is 11.8 Å². The van der Waals surface area contributed by atoms with E-state index in [1.807, 2.05) is 0 Å². The third kappa shape index (κ3) is 3.01. The largest absolute Gasteiger partial charge is 0.296 e. The van der Waals surface area contributed by atoms with Crippen molar-refractivity contribution in [2.45, 2.75) is 59.8 Å². The molecule has 1 saturated carbocycles. The maximum Gasteiger partial charge on any atom is 0.230 e. The molecule has 0 radical (unpaired) electrons. The van der Waals surface area contributed by atoms with Gasteiger partial charge in [0.05, 0.1) is 0 Å². The first-order chi connectivity index (χ1) is 8.82. The van der Waals surface area contributed by atoms with E-state index >= 15 is 0 Å². The Labute approximate surface area is 116 Å². The highest BCUT2D eigenvalue weighted by Gasteiger charge is 2.51. The summed E-state index contributed by atoms with van der Waals surface area (Å²) in [4.78, 5) is 24.2. The smallest absolute Gasteiger partial charge is 0.230 e. The van der Waals surface area contributed by atoms with Gasteiger partial charge in [-0.05, 0) is 48.9 Å². The van der Waals surface area contributed by atoms with Crippen LogP contribution < -0.4 is 5.32 Å². The van der Waals surface area contributed by atoms with Crippen LogP contribution in [0.25, 0.3) is 0 Å². The van der Waals surface area contributed by atoms with Gasteiger partial charge in [0.15, 0.2) is 0 Å². The lowest BCUT2D eigenvalue weighted by atomic mass is 9.56. The lowest BCUT2D eigenvalue weighted by Crippen LogP contribution is -2.54. The third-order valence-electron chi connectivity index (χ3n) is 4.85. The van der Waals surface area contributed by atoms with Crippen LogP contribution in [0.4, 0.5) is 0 Å². The Morgan fingerprint density at radius 2 is 1.79 bits per heavy atom. The maximum atomic E-state index is 12.3. The summed E-state index contributed by atoms with van der Waals surface area (Å²) in [6.45, 7) is 8.85. The standard InChI is InChI=1S/C16H27NO2/c1-10(2)5-13-15(19)17-14(18)9-16(13)7-11(3)6-12(4)8-16/h10-13H,5-9H2,1-4H3,(H,17,18,19). The van der Waals surface area contributed by atoms with E-state index in [0.717, 1.165) is 19.3 Å². The van der Waals surface area contributed by atoms with Crippen molar-refractivity contribution in [1.29, 1.82) is 0 Å². The van der Waals surface area contributed by atoms with Crippen LogP contribution in [-0.2, 0) is 9.59 Å². The van der Waals surface area contributed by atoms with Gasteiger partial charge in [-0.2, -0.15) is 0 Å². The van der Waals surface area contributed by atoms with Crippen molar-refractivity contribution in [3.05, 3.63) is 0 Å². The minimum Gasteiger partial charge on any atom is -0.296 e. The molecule has 1 saturated heterocycles. The van der Waals surface area contributed by atoms with Crippen molar-refractivity contribution in [3.8, 4) is 0 Å². The molecule has 2 amide bonds. The van der Waals surface area contributed by atoms with Crippen molar-refractivity contribution in [3.63, 3.8) is 0 Å². The van der Waals surface area contributed by atoms with E-state index in [9.17, 15) is 9.59 Å². The molecule has 3 nitrogen and oxygen atoms in total. The number of hydrogen-bond donors (Lipinski definition) is 1. The summed E-state index contributed by atoms with van der Waals surface area (Å²) in [5.41, 5.74) is -0.0687. The van der Waals surface area contributed by atoms with Gasteiger partial charge < -0.3 is 0 Å². The lowest BCUT2D eigenvalue weighted by Gasteiger charge is -2.49. The molecule has 1 spiro atoms. The van der Waals surface area contributed by atoms with Crippen molar-refractivity contribution >= 4 is 11.8 Å². The number of imide groups is 1. The van der Waals surface area contributed by atoms with Crippen molar-refractivity contribution < 1.29 is 9.59 Å². The molecule has 1 aliphatic carbocycles. The SMILES string of the molecule is CC(C)CC1C(=O)NC(=O)CC12CC(C)CC(C)C2. The van der Waals surface area contributed by atoms with Crippen LogP contribution in [0.15, 0.2) is 0 Å². The average molecular weight is 265 g/mol. The molecular formula is C16H27NO2. The van der Waals surface area contributed by atoms with E-state index < -0.39 is 0 Å². The number of hydrogen-bond acceptors (Lipinski definition) is 2. The van der Waals surface area contributed by atoms with Crippen LogP contribution in [0.1, 0.15) is 59.8 Å². The van der Waals surface area contributed by atoms with Crippen molar-refractivity contribution in [2.24, 2.45) is 29.1 Å². The summed E-state index contributed by atoms with van der Waals surface area (Å²) in [6.07, 6.45) is 4.75. The molecule has 0 bridgehead atoms. The molecule has 3 unspecified atom stereocenters. The Hall–Kier alpha value is -0.860. The topological polar surface area (TPSA) is 46.2 Å². The van der Waals surface area contributed by atoms with Gasteiger partial charge in [-0.15, -0.1) is 0 Å². The first-order valence-corrected chi connectivity index (χ1v) is 7.66. The van der Waals surface area contributed by atoms with E-state index in [4.69, 9.17) is 0 Å². The zero-order valence-corrected chi connectivity index (χ0v) is 12.7. The zero-order valence-electron chi connectivity index (χ0n) is 12.7. The van der Waals surface area contributed by atoms with E-state index in [1.54, 1.807) is 0 Å². The first kappa shape index (κ1) is 14.5. The fourth-order valence-corrected chi connectivity index (χ4v) is 4.57. The number of amides is 2. The summed E-state index contributed by atoms with van der Waals surface area (Å²) in [7, 11) is 0. The van der Waals surface area contributed by atoms with Crippen LogP contribution in [-0.4, -0.2) is 11.8 Å². The molecule has 19 heavy (non-hydrogen) atoms. The Bertz CT molecular complexity index is 365. The summed E-state index contributed by atoms with van der Waals surface area (Å²) in [5.74, 6) is 1.68. The molecule has 3 heteroatoms.